The summed E-state index contributed by atoms with van der Waals surface area (Å²) in [5.41, 5.74) is 1.61. The number of ether oxygens (including phenoxy) is 2. The van der Waals surface area contributed by atoms with Crippen LogP contribution >= 0.6 is 0 Å². The molecule has 0 unspecified atom stereocenters. The molecule has 4 aliphatic rings. The van der Waals surface area contributed by atoms with Crippen LogP contribution in [0.4, 0.5) is 0 Å². The van der Waals surface area contributed by atoms with E-state index in [0.29, 0.717) is 24.9 Å². The zero-order valence-corrected chi connectivity index (χ0v) is 14.8. The van der Waals surface area contributed by atoms with Crippen molar-refractivity contribution in [2.24, 2.45) is 23.2 Å². The van der Waals surface area contributed by atoms with E-state index in [1.54, 1.807) is 0 Å². The molecular weight excluding hydrogens is 280 g/mol. The van der Waals surface area contributed by atoms with Crippen LogP contribution in [0.1, 0.15) is 26.7 Å². The summed E-state index contributed by atoms with van der Waals surface area (Å²) in [4.78, 5) is 13.1. The monoisotopic (exact) mass is 306 g/mol. The van der Waals surface area contributed by atoms with Gasteiger partial charge in [-0.3, -0.25) is 4.79 Å². The molecule has 3 fully saturated rings. The standard InChI is InChI=1S/C17H26O3Si/c1-10-12-11(13(18)14(10)21(3,4)5)15-16(12,2)6-7-17(15)19-8-9-20-17/h11-12,15H,6-9H2,1-5H3/t11-,12-,15-,16+/m0/s1. The SMILES string of the molecule is CC1=C([Si](C)(C)C)C(=O)[C@H]2[C@@H]3C4(CC[C@]3(C)[C@@H]12)OCCO4. The van der Waals surface area contributed by atoms with Crippen LogP contribution in [0, 0.1) is 23.2 Å². The number of fused-ring (bicyclic) bond motifs is 5. The van der Waals surface area contributed by atoms with E-state index >= 15 is 0 Å². The van der Waals surface area contributed by atoms with Crippen molar-refractivity contribution in [2.45, 2.75) is 52.1 Å². The highest BCUT2D eigenvalue weighted by molar-refractivity contribution is 6.87. The summed E-state index contributed by atoms with van der Waals surface area (Å²) < 4.78 is 12.1. The third-order valence-electron chi connectivity index (χ3n) is 6.56. The molecule has 2 saturated carbocycles. The van der Waals surface area contributed by atoms with Gasteiger partial charge in [-0.2, -0.15) is 0 Å². The minimum absolute atomic E-state index is 0.136. The number of Topliss-reactive ketones (excluding diaryl/α,β-unsaturated/α-hetero) is 1. The number of hydrogen-bond donors (Lipinski definition) is 0. The van der Waals surface area contributed by atoms with Crippen LogP contribution in [0.15, 0.2) is 10.8 Å². The molecule has 0 N–H and O–H groups in total. The fourth-order valence-corrected chi connectivity index (χ4v) is 8.36. The Hall–Kier alpha value is -0.453. The minimum atomic E-state index is -1.58. The quantitative estimate of drug-likeness (QED) is 0.698. The first-order valence-electron chi connectivity index (χ1n) is 8.26. The van der Waals surface area contributed by atoms with Crippen molar-refractivity contribution >= 4 is 13.9 Å². The molecule has 0 radical (unpaired) electrons. The summed E-state index contributed by atoms with van der Waals surface area (Å²) in [6.07, 6.45) is 2.09. The first kappa shape index (κ1) is 14.2. The van der Waals surface area contributed by atoms with Gasteiger partial charge in [-0.05, 0) is 29.9 Å². The predicted molar refractivity (Wildman–Crippen MR) is 83.5 cm³/mol. The third-order valence-corrected chi connectivity index (χ3v) is 8.70. The molecule has 4 atom stereocenters. The summed E-state index contributed by atoms with van der Waals surface area (Å²) in [5.74, 6) is 0.843. The second-order valence-electron chi connectivity index (χ2n) is 8.67. The topological polar surface area (TPSA) is 35.5 Å². The van der Waals surface area contributed by atoms with Crippen LogP contribution in [0.2, 0.25) is 19.6 Å². The average Bonchev–Trinajstić information content (AvgIpc) is 2.94. The molecule has 0 aromatic heterocycles. The summed E-state index contributed by atoms with van der Waals surface area (Å²) in [5, 5.41) is 1.21. The van der Waals surface area contributed by atoms with E-state index in [-0.39, 0.29) is 17.3 Å². The lowest BCUT2D eigenvalue weighted by molar-refractivity contribution is -0.243. The Kier molecular flexibility index (Phi) is 2.63. The Labute approximate surface area is 128 Å². The largest absolute Gasteiger partial charge is 0.347 e. The van der Waals surface area contributed by atoms with Crippen molar-refractivity contribution in [3.05, 3.63) is 10.8 Å². The molecule has 1 spiro atoms. The normalized spacial score (nSPS) is 44.2. The molecule has 3 nitrogen and oxygen atoms in total. The Morgan fingerprint density at radius 3 is 2.33 bits per heavy atom. The summed E-state index contributed by atoms with van der Waals surface area (Å²) in [6.45, 7) is 12.8. The molecule has 0 aromatic rings. The number of rotatable bonds is 1. The molecule has 0 bridgehead atoms. The number of hydrogen-bond acceptors (Lipinski definition) is 3. The lowest BCUT2D eigenvalue weighted by Gasteiger charge is -2.57. The van der Waals surface area contributed by atoms with E-state index in [1.807, 2.05) is 0 Å². The van der Waals surface area contributed by atoms with Gasteiger partial charge in [0.1, 0.15) is 0 Å². The Morgan fingerprint density at radius 1 is 1.14 bits per heavy atom. The van der Waals surface area contributed by atoms with Gasteiger partial charge in [-0.15, -0.1) is 0 Å². The van der Waals surface area contributed by atoms with Gasteiger partial charge in [-0.25, -0.2) is 0 Å². The van der Waals surface area contributed by atoms with Crippen LogP contribution < -0.4 is 0 Å². The van der Waals surface area contributed by atoms with Crippen molar-refractivity contribution in [3.8, 4) is 0 Å². The molecule has 0 aromatic carbocycles. The van der Waals surface area contributed by atoms with E-state index in [9.17, 15) is 4.79 Å². The summed E-state index contributed by atoms with van der Waals surface area (Å²) >= 11 is 0. The zero-order chi connectivity index (χ0) is 15.2. The first-order valence-corrected chi connectivity index (χ1v) is 11.8. The smallest absolute Gasteiger partial charge is 0.172 e. The molecule has 1 heterocycles. The molecule has 1 aliphatic heterocycles. The van der Waals surface area contributed by atoms with Crippen molar-refractivity contribution < 1.29 is 14.3 Å². The second kappa shape index (κ2) is 3.90. The van der Waals surface area contributed by atoms with E-state index in [0.717, 1.165) is 12.8 Å². The molecule has 21 heavy (non-hydrogen) atoms. The molecule has 116 valence electrons. The average molecular weight is 306 g/mol. The first-order chi connectivity index (χ1) is 9.72. The lowest BCUT2D eigenvalue weighted by Crippen LogP contribution is -2.60. The van der Waals surface area contributed by atoms with Crippen molar-refractivity contribution in [2.75, 3.05) is 13.2 Å². The number of carbonyl (C=O) groups is 1. The van der Waals surface area contributed by atoms with Crippen LogP contribution in [-0.2, 0) is 14.3 Å². The second-order valence-corrected chi connectivity index (χ2v) is 13.7. The lowest BCUT2D eigenvalue weighted by atomic mass is 9.47. The maximum absolute atomic E-state index is 13.1. The van der Waals surface area contributed by atoms with Crippen molar-refractivity contribution in [3.63, 3.8) is 0 Å². The van der Waals surface area contributed by atoms with Gasteiger partial charge in [0.2, 0.25) is 0 Å². The van der Waals surface area contributed by atoms with E-state index in [4.69, 9.17) is 9.47 Å². The molecule has 0 amide bonds. The maximum atomic E-state index is 13.1. The van der Waals surface area contributed by atoms with Gasteiger partial charge in [0, 0.05) is 18.3 Å². The highest BCUT2D eigenvalue weighted by Gasteiger charge is 2.76. The van der Waals surface area contributed by atoms with Crippen molar-refractivity contribution in [1.29, 1.82) is 0 Å². The van der Waals surface area contributed by atoms with Crippen molar-refractivity contribution in [1.82, 2.24) is 0 Å². The van der Waals surface area contributed by atoms with Gasteiger partial charge >= 0.3 is 0 Å². The summed E-state index contributed by atoms with van der Waals surface area (Å²) in [7, 11) is -1.58. The van der Waals surface area contributed by atoms with E-state index in [1.165, 1.54) is 10.8 Å². The van der Waals surface area contributed by atoms with Gasteiger partial charge in [-0.1, -0.05) is 32.1 Å². The van der Waals surface area contributed by atoms with Gasteiger partial charge in [0.15, 0.2) is 11.6 Å². The molecule has 3 aliphatic carbocycles. The fourth-order valence-electron chi connectivity index (χ4n) is 6.11. The summed E-state index contributed by atoms with van der Waals surface area (Å²) in [6, 6.07) is 0. The third kappa shape index (κ3) is 1.49. The van der Waals surface area contributed by atoms with Crippen LogP contribution in [0.25, 0.3) is 0 Å². The molecular formula is C17H26O3Si. The maximum Gasteiger partial charge on any atom is 0.172 e. The van der Waals surface area contributed by atoms with Gasteiger partial charge < -0.3 is 9.47 Å². The van der Waals surface area contributed by atoms with Crippen LogP contribution in [-0.4, -0.2) is 32.9 Å². The molecule has 4 rings (SSSR count). The van der Waals surface area contributed by atoms with Gasteiger partial charge in [0.05, 0.1) is 21.3 Å². The van der Waals surface area contributed by atoms with Gasteiger partial charge in [0.25, 0.3) is 0 Å². The molecule has 4 heteroatoms. The number of allylic oxidation sites excluding steroid dienone is 2. The highest BCUT2D eigenvalue weighted by atomic mass is 28.3. The minimum Gasteiger partial charge on any atom is -0.347 e. The zero-order valence-electron chi connectivity index (χ0n) is 13.8. The number of carbonyl (C=O) groups excluding carboxylic acids is 1. The predicted octanol–water partition coefficient (Wildman–Crippen LogP) is 3.17. The van der Waals surface area contributed by atoms with E-state index < -0.39 is 13.9 Å². The molecule has 1 saturated heterocycles. The van der Waals surface area contributed by atoms with Crippen LogP contribution in [0.3, 0.4) is 0 Å². The van der Waals surface area contributed by atoms with Crippen LogP contribution in [0.5, 0.6) is 0 Å². The van der Waals surface area contributed by atoms with E-state index in [2.05, 4.69) is 33.5 Å². The Balaban J connectivity index is 1.77. The Morgan fingerprint density at radius 2 is 1.76 bits per heavy atom. The fraction of sp³-hybridized carbons (Fsp3) is 0.824. The number of ketones is 1. The highest BCUT2D eigenvalue weighted by Crippen LogP contribution is 2.73. The Bertz CT molecular complexity index is 553.